The summed E-state index contributed by atoms with van der Waals surface area (Å²) in [5.74, 6) is -1.34. The van der Waals surface area contributed by atoms with E-state index in [-0.39, 0.29) is 36.4 Å². The summed E-state index contributed by atoms with van der Waals surface area (Å²) in [5, 5.41) is 3.71. The zero-order valence-corrected chi connectivity index (χ0v) is 18.3. The minimum absolute atomic E-state index is 0.0492. The largest absolute Gasteiger partial charge is 0.464 e. The van der Waals surface area contributed by atoms with Crippen molar-refractivity contribution in [2.75, 3.05) is 7.11 Å². The van der Waals surface area contributed by atoms with Crippen LogP contribution >= 0.6 is 11.6 Å². The average Bonchev–Trinajstić information content (AvgIpc) is 3.41. The second-order valence-corrected chi connectivity index (χ2v) is 8.74. The lowest BCUT2D eigenvalue weighted by atomic mass is 9.93. The van der Waals surface area contributed by atoms with Crippen molar-refractivity contribution in [3.8, 4) is 0 Å². The molecule has 31 heavy (non-hydrogen) atoms. The molecular weight excluding hydrogens is 420 g/mol. The standard InChI is InChI=1S/C22H25ClN4O4/c1-22(21(30)25-16-5-3-4-6-16)12-26-13-24-17(20(29)31-2)18(26)19(28)27(22)11-14-7-9-15(23)10-8-14/h7-10,13,16H,3-6,11-12H2,1-2H3,(H,25,30)/t22-/m0/s1. The Kier molecular flexibility index (Phi) is 5.75. The minimum atomic E-state index is -1.15. The third-order valence-corrected chi connectivity index (χ3v) is 6.42. The molecule has 164 valence electrons. The number of nitrogens with zero attached hydrogens (tertiary/aromatic N) is 3. The summed E-state index contributed by atoms with van der Waals surface area (Å²) < 4.78 is 6.35. The number of amides is 2. The van der Waals surface area contributed by atoms with E-state index < -0.39 is 17.4 Å². The van der Waals surface area contributed by atoms with Gasteiger partial charge in [-0.25, -0.2) is 9.78 Å². The molecule has 8 nitrogen and oxygen atoms in total. The van der Waals surface area contributed by atoms with Crippen LogP contribution < -0.4 is 5.32 Å². The molecule has 1 aromatic carbocycles. The number of imidazole rings is 1. The van der Waals surface area contributed by atoms with E-state index in [0.717, 1.165) is 31.2 Å². The van der Waals surface area contributed by atoms with Gasteiger partial charge < -0.3 is 19.5 Å². The van der Waals surface area contributed by atoms with Crippen LogP contribution in [0.3, 0.4) is 0 Å². The molecule has 2 aliphatic rings. The van der Waals surface area contributed by atoms with Gasteiger partial charge in [-0.05, 0) is 37.5 Å². The van der Waals surface area contributed by atoms with Gasteiger partial charge >= 0.3 is 5.97 Å². The SMILES string of the molecule is COC(=O)c1ncn2c1C(=O)N(Cc1ccc(Cl)cc1)[C@](C)(C(=O)NC1CCCC1)C2. The fourth-order valence-electron chi connectivity index (χ4n) is 4.37. The first-order valence-electron chi connectivity index (χ1n) is 10.3. The third kappa shape index (κ3) is 3.92. The van der Waals surface area contributed by atoms with E-state index in [1.807, 2.05) is 12.1 Å². The molecule has 1 aliphatic heterocycles. The number of aromatic nitrogens is 2. The van der Waals surface area contributed by atoms with Crippen molar-refractivity contribution in [3.05, 3.63) is 52.6 Å². The fraction of sp³-hybridized carbons (Fsp3) is 0.455. The summed E-state index contributed by atoms with van der Waals surface area (Å²) in [6.07, 6.45) is 5.47. The van der Waals surface area contributed by atoms with Gasteiger partial charge in [0.2, 0.25) is 5.91 Å². The summed E-state index contributed by atoms with van der Waals surface area (Å²) in [6, 6.07) is 7.24. The lowest BCUT2D eigenvalue weighted by molar-refractivity contribution is -0.134. The first-order valence-corrected chi connectivity index (χ1v) is 10.7. The molecule has 1 aromatic heterocycles. The molecule has 0 spiro atoms. The van der Waals surface area contributed by atoms with Crippen LogP contribution in [0.1, 0.15) is 59.1 Å². The highest BCUT2D eigenvalue weighted by Gasteiger charge is 2.49. The highest BCUT2D eigenvalue weighted by Crippen LogP contribution is 2.31. The predicted molar refractivity (Wildman–Crippen MR) is 114 cm³/mol. The van der Waals surface area contributed by atoms with Gasteiger partial charge in [0, 0.05) is 17.6 Å². The number of hydrogen-bond acceptors (Lipinski definition) is 5. The van der Waals surface area contributed by atoms with Gasteiger partial charge in [-0.1, -0.05) is 36.6 Å². The highest BCUT2D eigenvalue weighted by atomic mass is 35.5. The van der Waals surface area contributed by atoms with Crippen molar-refractivity contribution in [2.24, 2.45) is 0 Å². The van der Waals surface area contributed by atoms with Crippen molar-refractivity contribution in [2.45, 2.75) is 57.3 Å². The monoisotopic (exact) mass is 444 g/mol. The molecule has 1 aliphatic carbocycles. The normalized spacial score (nSPS) is 21.1. The lowest BCUT2D eigenvalue weighted by Crippen LogP contribution is -2.64. The van der Waals surface area contributed by atoms with Crippen LogP contribution in [0.15, 0.2) is 30.6 Å². The van der Waals surface area contributed by atoms with E-state index in [0.29, 0.717) is 5.02 Å². The molecule has 0 radical (unpaired) electrons. The minimum Gasteiger partial charge on any atom is -0.464 e. The number of ether oxygens (including phenoxy) is 1. The van der Waals surface area contributed by atoms with Crippen LogP contribution in [-0.2, 0) is 22.6 Å². The van der Waals surface area contributed by atoms with Crippen molar-refractivity contribution < 1.29 is 19.1 Å². The second-order valence-electron chi connectivity index (χ2n) is 8.31. The van der Waals surface area contributed by atoms with Crippen molar-refractivity contribution in [1.29, 1.82) is 0 Å². The molecule has 0 bridgehead atoms. The molecule has 2 heterocycles. The first-order chi connectivity index (χ1) is 14.8. The number of esters is 1. The molecule has 0 saturated heterocycles. The van der Waals surface area contributed by atoms with E-state index in [2.05, 4.69) is 10.3 Å². The van der Waals surface area contributed by atoms with Gasteiger partial charge in [-0.3, -0.25) is 9.59 Å². The maximum absolute atomic E-state index is 13.6. The van der Waals surface area contributed by atoms with Crippen LogP contribution in [-0.4, -0.2) is 50.9 Å². The van der Waals surface area contributed by atoms with E-state index in [4.69, 9.17) is 16.3 Å². The molecule has 0 unspecified atom stereocenters. The number of methoxy groups -OCH3 is 1. The molecule has 1 saturated carbocycles. The van der Waals surface area contributed by atoms with Gasteiger partial charge in [0.05, 0.1) is 20.0 Å². The summed E-state index contributed by atoms with van der Waals surface area (Å²) >= 11 is 6.00. The number of fused-ring (bicyclic) bond motifs is 1. The van der Waals surface area contributed by atoms with E-state index in [9.17, 15) is 14.4 Å². The molecule has 4 rings (SSSR count). The maximum atomic E-state index is 13.6. The van der Waals surface area contributed by atoms with Gasteiger partial charge in [0.25, 0.3) is 5.91 Å². The van der Waals surface area contributed by atoms with E-state index in [1.54, 1.807) is 23.6 Å². The summed E-state index contributed by atoms with van der Waals surface area (Å²) in [7, 11) is 1.24. The summed E-state index contributed by atoms with van der Waals surface area (Å²) in [6.45, 7) is 2.13. The lowest BCUT2D eigenvalue weighted by Gasteiger charge is -2.44. The van der Waals surface area contributed by atoms with Crippen LogP contribution in [0.5, 0.6) is 0 Å². The Bertz CT molecular complexity index is 1010. The average molecular weight is 445 g/mol. The molecule has 1 N–H and O–H groups in total. The predicted octanol–water partition coefficient (Wildman–Crippen LogP) is 2.80. The molecular formula is C22H25ClN4O4. The topological polar surface area (TPSA) is 93.5 Å². The highest BCUT2D eigenvalue weighted by molar-refractivity contribution is 6.30. The Morgan fingerprint density at radius 2 is 1.94 bits per heavy atom. The van der Waals surface area contributed by atoms with Crippen molar-refractivity contribution in [1.82, 2.24) is 19.8 Å². The second kappa shape index (κ2) is 8.34. The van der Waals surface area contributed by atoms with Crippen LogP contribution in [0.4, 0.5) is 0 Å². The zero-order valence-electron chi connectivity index (χ0n) is 17.6. The van der Waals surface area contributed by atoms with E-state index >= 15 is 0 Å². The van der Waals surface area contributed by atoms with Gasteiger partial charge in [0.1, 0.15) is 11.2 Å². The van der Waals surface area contributed by atoms with Gasteiger partial charge in [-0.15, -0.1) is 0 Å². The fourth-order valence-corrected chi connectivity index (χ4v) is 4.49. The number of nitrogens with one attached hydrogen (secondary N) is 1. The third-order valence-electron chi connectivity index (χ3n) is 6.17. The Morgan fingerprint density at radius 1 is 1.26 bits per heavy atom. The number of carbonyl (C=O) groups is 3. The van der Waals surface area contributed by atoms with Crippen LogP contribution in [0.2, 0.25) is 5.02 Å². The van der Waals surface area contributed by atoms with Crippen LogP contribution in [0.25, 0.3) is 0 Å². The smallest absolute Gasteiger partial charge is 0.359 e. The number of benzene rings is 1. The molecule has 9 heteroatoms. The van der Waals surface area contributed by atoms with Crippen molar-refractivity contribution in [3.63, 3.8) is 0 Å². The number of carbonyl (C=O) groups excluding carboxylic acids is 3. The van der Waals surface area contributed by atoms with Crippen molar-refractivity contribution >= 4 is 29.4 Å². The Balaban J connectivity index is 1.72. The summed E-state index contributed by atoms with van der Waals surface area (Å²) in [4.78, 5) is 44.8. The quantitative estimate of drug-likeness (QED) is 0.716. The maximum Gasteiger partial charge on any atom is 0.359 e. The number of rotatable bonds is 5. The number of hydrogen-bond donors (Lipinski definition) is 1. The van der Waals surface area contributed by atoms with Crippen LogP contribution in [0, 0.1) is 0 Å². The molecule has 1 atom stereocenters. The van der Waals surface area contributed by atoms with E-state index in [1.165, 1.54) is 18.3 Å². The molecule has 2 aromatic rings. The van der Waals surface area contributed by atoms with Gasteiger partial charge in [0.15, 0.2) is 5.69 Å². The molecule has 1 fully saturated rings. The Labute approximate surface area is 185 Å². The first kappa shape index (κ1) is 21.4. The van der Waals surface area contributed by atoms with Gasteiger partial charge in [-0.2, -0.15) is 0 Å². The Hall–Kier alpha value is -2.87. The zero-order chi connectivity index (χ0) is 22.2. The molecule has 2 amide bonds. The number of halogens is 1. The summed E-state index contributed by atoms with van der Waals surface area (Å²) in [5.41, 5.74) is -0.246. The Morgan fingerprint density at radius 3 is 2.58 bits per heavy atom.